The first kappa shape index (κ1) is 9.66. The fourth-order valence-electron chi connectivity index (χ4n) is 1.68. The summed E-state index contributed by atoms with van der Waals surface area (Å²) in [7, 11) is 0. The molecule has 0 saturated carbocycles. The predicted molar refractivity (Wildman–Crippen MR) is 63.4 cm³/mol. The van der Waals surface area contributed by atoms with Crippen molar-refractivity contribution in [1.29, 1.82) is 0 Å². The van der Waals surface area contributed by atoms with Crippen LogP contribution < -0.4 is 0 Å². The van der Waals surface area contributed by atoms with Crippen molar-refractivity contribution in [3.8, 4) is 0 Å². The summed E-state index contributed by atoms with van der Waals surface area (Å²) in [5.74, 6) is 0. The number of fused-ring (bicyclic) bond motifs is 1. The Balaban J connectivity index is 2.69. The van der Waals surface area contributed by atoms with Gasteiger partial charge < -0.3 is 0 Å². The Kier molecular flexibility index (Phi) is 2.82. The smallest absolute Gasteiger partial charge is 0.0705 e. The third-order valence-corrected chi connectivity index (χ3v) is 3.02. The molecule has 1 aromatic heterocycles. The van der Waals surface area contributed by atoms with Crippen molar-refractivity contribution in [1.82, 2.24) is 4.98 Å². The lowest BCUT2D eigenvalue weighted by Crippen LogP contribution is -1.90. The lowest BCUT2D eigenvalue weighted by Gasteiger charge is -2.06. The molecule has 1 heterocycles. The fourth-order valence-corrected chi connectivity index (χ4v) is 2.19. The summed E-state index contributed by atoms with van der Waals surface area (Å²) >= 11 is 3.56. The molecule has 0 bridgehead atoms. The second kappa shape index (κ2) is 4.09. The van der Waals surface area contributed by atoms with Crippen molar-refractivity contribution in [3.63, 3.8) is 0 Å². The minimum absolute atomic E-state index is 1.08. The number of aryl methyl sites for hydroxylation is 1. The molecule has 2 aromatic rings. The maximum atomic E-state index is 4.38. The van der Waals surface area contributed by atoms with E-state index in [9.17, 15) is 0 Å². The second-order valence-corrected chi connectivity index (χ2v) is 4.21. The average molecular weight is 250 g/mol. The lowest BCUT2D eigenvalue weighted by molar-refractivity contribution is 0.923. The molecule has 0 amide bonds. The van der Waals surface area contributed by atoms with E-state index in [-0.39, 0.29) is 0 Å². The molecule has 0 N–H and O–H groups in total. The monoisotopic (exact) mass is 249 g/mol. The van der Waals surface area contributed by atoms with Gasteiger partial charge in [0.1, 0.15) is 0 Å². The average Bonchev–Trinajstić information content (AvgIpc) is 2.23. The van der Waals surface area contributed by atoms with Gasteiger partial charge in [-0.05, 0) is 34.0 Å². The number of nitrogens with zero attached hydrogens (tertiary/aromatic N) is 1. The van der Waals surface area contributed by atoms with Crippen LogP contribution in [0.3, 0.4) is 0 Å². The van der Waals surface area contributed by atoms with Gasteiger partial charge in [-0.25, -0.2) is 0 Å². The first-order valence-electron chi connectivity index (χ1n) is 4.85. The summed E-state index contributed by atoms with van der Waals surface area (Å²) in [6.07, 6.45) is 4.16. The van der Waals surface area contributed by atoms with Gasteiger partial charge in [0.2, 0.25) is 0 Å². The summed E-state index contributed by atoms with van der Waals surface area (Å²) in [5.41, 5.74) is 2.46. The van der Waals surface area contributed by atoms with Crippen molar-refractivity contribution in [2.24, 2.45) is 0 Å². The molecule has 0 unspecified atom stereocenters. The molecule has 14 heavy (non-hydrogen) atoms. The highest BCUT2D eigenvalue weighted by Gasteiger charge is 2.04. The van der Waals surface area contributed by atoms with Gasteiger partial charge in [-0.15, -0.1) is 0 Å². The molecule has 2 heteroatoms. The Morgan fingerprint density at radius 3 is 2.86 bits per heavy atom. The zero-order chi connectivity index (χ0) is 9.97. The second-order valence-electron chi connectivity index (χ2n) is 3.35. The van der Waals surface area contributed by atoms with Gasteiger partial charge in [-0.3, -0.25) is 4.98 Å². The Bertz CT molecular complexity index is 451. The zero-order valence-electron chi connectivity index (χ0n) is 8.13. The molecule has 2 rings (SSSR count). The van der Waals surface area contributed by atoms with Crippen LogP contribution in [0.25, 0.3) is 10.9 Å². The highest BCUT2D eigenvalue weighted by molar-refractivity contribution is 9.10. The molecule has 1 nitrogen and oxygen atoms in total. The van der Waals surface area contributed by atoms with E-state index in [4.69, 9.17) is 0 Å². The van der Waals surface area contributed by atoms with Gasteiger partial charge in [0, 0.05) is 16.1 Å². The number of rotatable bonds is 2. The van der Waals surface area contributed by atoms with Gasteiger partial charge in [-0.1, -0.05) is 31.5 Å². The van der Waals surface area contributed by atoms with Gasteiger partial charge >= 0.3 is 0 Å². The summed E-state index contributed by atoms with van der Waals surface area (Å²) in [6, 6.07) is 8.29. The molecule has 0 aliphatic heterocycles. The van der Waals surface area contributed by atoms with E-state index in [1.165, 1.54) is 10.9 Å². The van der Waals surface area contributed by atoms with Gasteiger partial charge in [0.05, 0.1) is 5.52 Å². The van der Waals surface area contributed by atoms with Crippen molar-refractivity contribution >= 4 is 26.8 Å². The maximum Gasteiger partial charge on any atom is 0.0705 e. The largest absolute Gasteiger partial charge is 0.255 e. The van der Waals surface area contributed by atoms with Crippen LogP contribution >= 0.6 is 15.9 Å². The third kappa shape index (κ3) is 1.67. The topological polar surface area (TPSA) is 12.9 Å². The van der Waals surface area contributed by atoms with E-state index >= 15 is 0 Å². The van der Waals surface area contributed by atoms with E-state index in [2.05, 4.69) is 46.0 Å². The maximum absolute atomic E-state index is 4.38. The minimum Gasteiger partial charge on any atom is -0.255 e. The highest BCUT2D eigenvalue weighted by Crippen LogP contribution is 2.25. The first-order valence-corrected chi connectivity index (χ1v) is 5.64. The predicted octanol–water partition coefficient (Wildman–Crippen LogP) is 3.95. The molecule has 0 saturated heterocycles. The summed E-state index contributed by atoms with van der Waals surface area (Å²) in [5, 5.41) is 1.27. The molecule has 0 aliphatic carbocycles. The lowest BCUT2D eigenvalue weighted by atomic mass is 10.1. The van der Waals surface area contributed by atoms with E-state index < -0.39 is 0 Å². The number of hydrogen-bond acceptors (Lipinski definition) is 1. The zero-order valence-corrected chi connectivity index (χ0v) is 9.71. The molecular formula is C12H12BrN. The molecule has 0 spiro atoms. The molecule has 72 valence electrons. The van der Waals surface area contributed by atoms with Crippen LogP contribution in [0.5, 0.6) is 0 Å². The Labute approximate surface area is 92.3 Å². The first-order chi connectivity index (χ1) is 6.83. The van der Waals surface area contributed by atoms with Crippen LogP contribution in [0.1, 0.15) is 18.9 Å². The molecule has 0 atom stereocenters. The summed E-state index contributed by atoms with van der Waals surface area (Å²) in [4.78, 5) is 4.38. The molecule has 0 radical (unpaired) electrons. The number of para-hydroxylation sites is 1. The van der Waals surface area contributed by atoms with E-state index in [1.54, 1.807) is 0 Å². The molecule has 0 aliphatic rings. The summed E-state index contributed by atoms with van der Waals surface area (Å²) in [6.45, 7) is 2.20. The summed E-state index contributed by atoms with van der Waals surface area (Å²) < 4.78 is 1.12. The van der Waals surface area contributed by atoms with Crippen LogP contribution in [0.15, 0.2) is 34.9 Å². The van der Waals surface area contributed by atoms with Crippen LogP contribution in [0, 0.1) is 0 Å². The Hall–Kier alpha value is -0.890. The van der Waals surface area contributed by atoms with Crippen LogP contribution in [0.4, 0.5) is 0 Å². The van der Waals surface area contributed by atoms with Gasteiger partial charge in [-0.2, -0.15) is 0 Å². The standard InChI is InChI=1S/C12H12BrN/c1-2-5-9-10-6-3-4-7-12(10)14-8-11(9)13/h3-4,6-8H,2,5H2,1H3. The number of halogens is 1. The van der Waals surface area contributed by atoms with E-state index in [0.717, 1.165) is 22.8 Å². The van der Waals surface area contributed by atoms with Crippen molar-refractivity contribution in [2.75, 3.05) is 0 Å². The third-order valence-electron chi connectivity index (χ3n) is 2.33. The Morgan fingerprint density at radius 1 is 1.29 bits per heavy atom. The minimum atomic E-state index is 1.08. The number of pyridine rings is 1. The highest BCUT2D eigenvalue weighted by atomic mass is 79.9. The number of benzene rings is 1. The Morgan fingerprint density at radius 2 is 2.07 bits per heavy atom. The van der Waals surface area contributed by atoms with Crippen LogP contribution in [0.2, 0.25) is 0 Å². The number of aromatic nitrogens is 1. The number of hydrogen-bond donors (Lipinski definition) is 0. The quantitative estimate of drug-likeness (QED) is 0.786. The van der Waals surface area contributed by atoms with Crippen LogP contribution in [-0.2, 0) is 6.42 Å². The van der Waals surface area contributed by atoms with Crippen molar-refractivity contribution < 1.29 is 0 Å². The SMILES string of the molecule is CCCc1c(Br)cnc2ccccc12. The normalized spacial score (nSPS) is 10.7. The fraction of sp³-hybridized carbons (Fsp3) is 0.250. The molecular weight excluding hydrogens is 238 g/mol. The van der Waals surface area contributed by atoms with Gasteiger partial charge in [0.15, 0.2) is 0 Å². The van der Waals surface area contributed by atoms with Crippen molar-refractivity contribution in [3.05, 3.63) is 40.5 Å². The van der Waals surface area contributed by atoms with E-state index in [1.807, 2.05) is 12.3 Å². The molecule has 0 fully saturated rings. The molecule has 1 aromatic carbocycles. The van der Waals surface area contributed by atoms with E-state index in [0.29, 0.717) is 0 Å². The van der Waals surface area contributed by atoms with Crippen molar-refractivity contribution in [2.45, 2.75) is 19.8 Å². The van der Waals surface area contributed by atoms with Crippen LogP contribution in [-0.4, -0.2) is 4.98 Å². The van der Waals surface area contributed by atoms with Gasteiger partial charge in [0.25, 0.3) is 0 Å².